The van der Waals surface area contributed by atoms with E-state index in [0.29, 0.717) is 12.3 Å². The molecule has 11 nitrogen and oxygen atoms in total. The molecule has 3 N–H and O–H groups in total. The van der Waals surface area contributed by atoms with Crippen LogP contribution in [0.1, 0.15) is 12.7 Å². The average molecular weight is 362 g/mol. The number of carbonyl (C=O) groups is 4. The van der Waals surface area contributed by atoms with E-state index in [0.717, 1.165) is 9.91 Å². The molecule has 1 aromatic heterocycles. The highest BCUT2D eigenvalue weighted by Gasteiger charge is 2.35. The fraction of sp³-hybridized carbons (Fsp3) is 0.400. The van der Waals surface area contributed by atoms with Gasteiger partial charge in [-0.2, -0.15) is 5.10 Å². The monoisotopic (exact) mass is 362 g/mol. The second kappa shape index (κ2) is 7.25. The molecule has 2 unspecified atom stereocenters. The normalized spacial score (nSPS) is 20.7. The fourth-order valence-corrected chi connectivity index (χ4v) is 2.34. The molecule has 6 amide bonds. The molecule has 2 fully saturated rings. The van der Waals surface area contributed by atoms with Gasteiger partial charge in [0.15, 0.2) is 0 Å². The first-order valence-electron chi connectivity index (χ1n) is 8.01. The Morgan fingerprint density at radius 1 is 1.42 bits per heavy atom. The van der Waals surface area contributed by atoms with Crippen LogP contribution in [0.15, 0.2) is 27.9 Å². The maximum absolute atomic E-state index is 12.2. The van der Waals surface area contributed by atoms with Crippen LogP contribution >= 0.6 is 0 Å². The molecule has 2 saturated heterocycles. The van der Waals surface area contributed by atoms with Gasteiger partial charge in [0.1, 0.15) is 17.8 Å². The van der Waals surface area contributed by atoms with Gasteiger partial charge in [0, 0.05) is 6.54 Å². The molecule has 26 heavy (non-hydrogen) atoms. The summed E-state index contributed by atoms with van der Waals surface area (Å²) in [4.78, 5) is 48.5. The molecule has 0 aromatic carbocycles. The predicted molar refractivity (Wildman–Crippen MR) is 88.0 cm³/mol. The topological polar surface area (TPSA) is 136 Å². The number of nitrogens with one attached hydrogen (secondary N) is 3. The van der Waals surface area contributed by atoms with E-state index in [2.05, 4.69) is 21.1 Å². The third-order valence-electron chi connectivity index (χ3n) is 3.95. The summed E-state index contributed by atoms with van der Waals surface area (Å²) in [5, 5.41) is 12.6. The van der Waals surface area contributed by atoms with Crippen molar-refractivity contribution in [1.82, 2.24) is 25.9 Å². The van der Waals surface area contributed by atoms with Gasteiger partial charge >= 0.3 is 12.1 Å². The van der Waals surface area contributed by atoms with Crippen molar-refractivity contribution in [2.24, 2.45) is 5.10 Å². The number of furan rings is 1. The van der Waals surface area contributed by atoms with Gasteiger partial charge in [-0.3, -0.25) is 9.59 Å². The van der Waals surface area contributed by atoms with Gasteiger partial charge in [-0.15, -0.1) is 0 Å². The van der Waals surface area contributed by atoms with E-state index in [1.165, 1.54) is 19.4 Å². The Morgan fingerprint density at radius 3 is 2.85 bits per heavy atom. The minimum Gasteiger partial charge on any atom is -0.463 e. The molecule has 11 heteroatoms. The first-order valence-corrected chi connectivity index (χ1v) is 8.01. The predicted octanol–water partition coefficient (Wildman–Crippen LogP) is -0.936. The summed E-state index contributed by atoms with van der Waals surface area (Å²) in [6, 6.07) is 0.581. The van der Waals surface area contributed by atoms with E-state index in [-0.39, 0.29) is 19.0 Å². The van der Waals surface area contributed by atoms with Crippen LogP contribution in [0.5, 0.6) is 0 Å². The summed E-state index contributed by atoms with van der Waals surface area (Å²) in [5.74, 6) is -0.291. The second-order valence-electron chi connectivity index (χ2n) is 5.79. The van der Waals surface area contributed by atoms with E-state index in [1.54, 1.807) is 12.1 Å². The number of imide groups is 1. The average Bonchev–Trinajstić information content (AvgIpc) is 3.25. The van der Waals surface area contributed by atoms with E-state index in [1.807, 2.05) is 0 Å². The smallest absolute Gasteiger partial charge is 0.348 e. The zero-order valence-electron chi connectivity index (χ0n) is 14.0. The van der Waals surface area contributed by atoms with Crippen LogP contribution in [0.4, 0.5) is 9.59 Å². The molecule has 0 radical (unpaired) electrons. The van der Waals surface area contributed by atoms with E-state index < -0.39 is 30.1 Å². The molecular formula is C15H18N6O5. The lowest BCUT2D eigenvalue weighted by molar-refractivity contribution is -0.133. The molecule has 0 saturated carbocycles. The van der Waals surface area contributed by atoms with Crippen molar-refractivity contribution in [1.29, 1.82) is 0 Å². The quantitative estimate of drug-likeness (QED) is 0.459. The van der Waals surface area contributed by atoms with Crippen molar-refractivity contribution in [2.45, 2.75) is 19.0 Å². The molecule has 0 bridgehead atoms. The maximum Gasteiger partial charge on any atom is 0.348 e. The largest absolute Gasteiger partial charge is 0.463 e. The molecule has 2 atom stereocenters. The molecule has 138 valence electrons. The number of rotatable bonds is 5. The SMILES string of the molecule is CC(NC(=O)N1CCN(N=Cc2ccco2)C1=O)C(=O)NC1CNC1=O. The number of amides is 6. The lowest BCUT2D eigenvalue weighted by Crippen LogP contribution is -2.64. The second-order valence-corrected chi connectivity index (χ2v) is 5.79. The Bertz CT molecular complexity index is 746. The van der Waals surface area contributed by atoms with Crippen LogP contribution in [-0.2, 0) is 9.59 Å². The minimum absolute atomic E-state index is 0.138. The zero-order valence-corrected chi connectivity index (χ0v) is 14.0. The van der Waals surface area contributed by atoms with Gasteiger partial charge in [-0.05, 0) is 19.1 Å². The van der Waals surface area contributed by atoms with Crippen LogP contribution in [0.3, 0.4) is 0 Å². The van der Waals surface area contributed by atoms with Crippen molar-refractivity contribution in [3.05, 3.63) is 24.2 Å². The van der Waals surface area contributed by atoms with Gasteiger partial charge in [0.25, 0.3) is 0 Å². The number of β-lactam (4-membered cyclic amide) rings is 1. The van der Waals surface area contributed by atoms with E-state index in [4.69, 9.17) is 4.42 Å². The number of hydrazone groups is 1. The van der Waals surface area contributed by atoms with Crippen molar-refractivity contribution >= 4 is 30.1 Å². The van der Waals surface area contributed by atoms with Gasteiger partial charge in [-0.25, -0.2) is 19.5 Å². The Kier molecular flexibility index (Phi) is 4.87. The third kappa shape index (κ3) is 3.66. The van der Waals surface area contributed by atoms with Crippen LogP contribution < -0.4 is 16.0 Å². The first-order chi connectivity index (χ1) is 12.5. The van der Waals surface area contributed by atoms with E-state index in [9.17, 15) is 19.2 Å². The van der Waals surface area contributed by atoms with E-state index >= 15 is 0 Å². The number of nitrogens with zero attached hydrogens (tertiary/aromatic N) is 3. The standard InChI is InChI=1S/C15H18N6O5/c1-9(12(22)19-11-8-16-13(11)23)18-14(24)20-4-5-21(15(20)25)17-7-10-3-2-6-26-10/h2-3,6-7,9,11H,4-5,8H2,1H3,(H,16,23)(H,18,24)(H,19,22). The lowest BCUT2D eigenvalue weighted by Gasteiger charge is -2.28. The zero-order chi connectivity index (χ0) is 18.7. The summed E-state index contributed by atoms with van der Waals surface area (Å²) in [5.41, 5.74) is 0. The summed E-state index contributed by atoms with van der Waals surface area (Å²) < 4.78 is 5.08. The van der Waals surface area contributed by atoms with Crippen molar-refractivity contribution in [3.63, 3.8) is 0 Å². The minimum atomic E-state index is -0.899. The summed E-state index contributed by atoms with van der Waals surface area (Å²) in [6.07, 6.45) is 2.85. The number of hydrogen-bond acceptors (Lipinski definition) is 6. The van der Waals surface area contributed by atoms with Crippen molar-refractivity contribution in [2.75, 3.05) is 19.6 Å². The Labute approximate surface area is 148 Å². The number of carbonyl (C=O) groups excluding carboxylic acids is 4. The summed E-state index contributed by atoms with van der Waals surface area (Å²) >= 11 is 0. The lowest BCUT2D eigenvalue weighted by atomic mass is 10.1. The van der Waals surface area contributed by atoms with Crippen molar-refractivity contribution < 1.29 is 23.6 Å². The molecule has 3 heterocycles. The maximum atomic E-state index is 12.2. The van der Waals surface area contributed by atoms with Crippen LogP contribution in [0, 0.1) is 0 Å². The van der Waals surface area contributed by atoms with Gasteiger partial charge in [0.05, 0.1) is 25.6 Å². The Morgan fingerprint density at radius 2 is 2.23 bits per heavy atom. The Balaban J connectivity index is 1.50. The number of urea groups is 2. The van der Waals surface area contributed by atoms with Crippen molar-refractivity contribution in [3.8, 4) is 0 Å². The third-order valence-corrected chi connectivity index (χ3v) is 3.95. The molecule has 2 aliphatic rings. The molecule has 2 aliphatic heterocycles. The first kappa shape index (κ1) is 17.5. The highest BCUT2D eigenvalue weighted by Crippen LogP contribution is 2.10. The summed E-state index contributed by atoms with van der Waals surface area (Å²) in [6.45, 7) is 2.20. The molecule has 3 rings (SSSR count). The van der Waals surface area contributed by atoms with Gasteiger partial charge in [-0.1, -0.05) is 0 Å². The molecule has 1 aromatic rings. The van der Waals surface area contributed by atoms with Crippen LogP contribution in [-0.4, -0.2) is 71.7 Å². The van der Waals surface area contributed by atoms with Gasteiger partial charge in [0.2, 0.25) is 11.8 Å². The van der Waals surface area contributed by atoms with Crippen LogP contribution in [0.2, 0.25) is 0 Å². The van der Waals surface area contributed by atoms with Gasteiger partial charge < -0.3 is 20.4 Å². The molecule has 0 aliphatic carbocycles. The highest BCUT2D eigenvalue weighted by molar-refractivity contribution is 5.98. The Hall–Kier alpha value is -3.37. The number of hydrogen-bond donors (Lipinski definition) is 3. The fourth-order valence-electron chi connectivity index (χ4n) is 2.34. The molecule has 0 spiro atoms. The molecular weight excluding hydrogens is 344 g/mol. The highest BCUT2D eigenvalue weighted by atomic mass is 16.3. The van der Waals surface area contributed by atoms with Crippen LogP contribution in [0.25, 0.3) is 0 Å². The summed E-state index contributed by atoms with van der Waals surface area (Å²) in [7, 11) is 0.